The zero-order valence-electron chi connectivity index (χ0n) is 12.0. The fraction of sp³-hybridized carbons (Fsp3) is 0.250. The van der Waals surface area contributed by atoms with Crippen LogP contribution in [0.2, 0.25) is 5.02 Å². The Morgan fingerprint density at radius 2 is 1.90 bits per heavy atom. The maximum atomic E-state index is 9.18. The molecule has 2 rings (SSSR count). The number of hydrogen-bond donors (Lipinski definition) is 2. The summed E-state index contributed by atoms with van der Waals surface area (Å²) in [4.78, 5) is 0. The predicted molar refractivity (Wildman–Crippen MR) is 84.2 cm³/mol. The maximum Gasteiger partial charge on any atom is 0.124 e. The van der Waals surface area contributed by atoms with Crippen LogP contribution in [0.15, 0.2) is 36.4 Å². The third kappa shape index (κ3) is 3.80. The molecule has 2 aromatic carbocycles. The molecule has 21 heavy (non-hydrogen) atoms. The molecular weight excluding hydrogens is 290 g/mol. The van der Waals surface area contributed by atoms with Gasteiger partial charge in [-0.05, 0) is 35.9 Å². The van der Waals surface area contributed by atoms with Gasteiger partial charge in [0, 0.05) is 12.1 Å². The van der Waals surface area contributed by atoms with E-state index in [9.17, 15) is 5.11 Å². The van der Waals surface area contributed by atoms with Gasteiger partial charge in [-0.15, -0.1) is 0 Å². The molecular formula is C16H18ClNO3. The highest BCUT2D eigenvalue weighted by atomic mass is 35.5. The Hall–Kier alpha value is -1.91. The monoisotopic (exact) mass is 307 g/mol. The highest BCUT2D eigenvalue weighted by molar-refractivity contribution is 6.33. The molecule has 0 saturated heterocycles. The van der Waals surface area contributed by atoms with Gasteiger partial charge in [0.25, 0.3) is 0 Å². The van der Waals surface area contributed by atoms with E-state index in [0.29, 0.717) is 11.6 Å². The van der Waals surface area contributed by atoms with Gasteiger partial charge in [-0.3, -0.25) is 0 Å². The predicted octanol–water partition coefficient (Wildman–Crippen LogP) is 3.46. The summed E-state index contributed by atoms with van der Waals surface area (Å²) >= 11 is 6.15. The molecule has 5 heteroatoms. The van der Waals surface area contributed by atoms with Crippen molar-refractivity contribution in [3.63, 3.8) is 0 Å². The first-order valence-corrected chi connectivity index (χ1v) is 6.89. The molecule has 2 N–H and O–H groups in total. The van der Waals surface area contributed by atoms with E-state index >= 15 is 0 Å². The van der Waals surface area contributed by atoms with Crippen molar-refractivity contribution in [1.29, 1.82) is 0 Å². The highest BCUT2D eigenvalue weighted by Crippen LogP contribution is 2.27. The van der Waals surface area contributed by atoms with E-state index in [1.54, 1.807) is 26.4 Å². The highest BCUT2D eigenvalue weighted by Gasteiger charge is 2.07. The molecule has 0 bridgehead atoms. The molecule has 0 atom stereocenters. The largest absolute Gasteiger partial charge is 0.497 e. The zero-order valence-corrected chi connectivity index (χ0v) is 12.8. The van der Waals surface area contributed by atoms with Gasteiger partial charge in [-0.25, -0.2) is 0 Å². The molecule has 0 fully saturated rings. The minimum absolute atomic E-state index is 0.0195. The summed E-state index contributed by atoms with van der Waals surface area (Å²) in [5.74, 6) is 1.54. The summed E-state index contributed by atoms with van der Waals surface area (Å²) in [7, 11) is 3.26. The minimum atomic E-state index is -0.0195. The van der Waals surface area contributed by atoms with E-state index in [1.807, 2.05) is 24.3 Å². The van der Waals surface area contributed by atoms with Crippen molar-refractivity contribution in [1.82, 2.24) is 0 Å². The van der Waals surface area contributed by atoms with E-state index in [4.69, 9.17) is 21.1 Å². The van der Waals surface area contributed by atoms with E-state index in [1.165, 1.54) is 0 Å². The Balaban J connectivity index is 2.19. The molecule has 0 saturated carbocycles. The summed E-state index contributed by atoms with van der Waals surface area (Å²) in [6, 6.07) is 11.0. The Kier molecular flexibility index (Phi) is 5.31. The van der Waals surface area contributed by atoms with Gasteiger partial charge in [-0.1, -0.05) is 17.7 Å². The number of nitrogens with one attached hydrogen (secondary N) is 1. The molecule has 112 valence electrons. The number of hydrogen-bond acceptors (Lipinski definition) is 4. The number of methoxy groups -OCH3 is 2. The van der Waals surface area contributed by atoms with E-state index in [0.717, 1.165) is 28.3 Å². The molecule has 4 nitrogen and oxygen atoms in total. The molecule has 0 aromatic heterocycles. The third-order valence-electron chi connectivity index (χ3n) is 3.17. The van der Waals surface area contributed by atoms with Crippen molar-refractivity contribution in [2.24, 2.45) is 0 Å². The zero-order chi connectivity index (χ0) is 15.2. The normalized spacial score (nSPS) is 10.3. The van der Waals surface area contributed by atoms with Gasteiger partial charge in [0.1, 0.15) is 11.5 Å². The van der Waals surface area contributed by atoms with Crippen molar-refractivity contribution in [3.05, 3.63) is 52.5 Å². The van der Waals surface area contributed by atoms with Gasteiger partial charge in [0.2, 0.25) is 0 Å². The lowest BCUT2D eigenvalue weighted by molar-refractivity contribution is 0.282. The molecule has 0 unspecified atom stereocenters. The van der Waals surface area contributed by atoms with E-state index < -0.39 is 0 Å². The second-order valence-electron chi connectivity index (χ2n) is 4.50. The number of benzene rings is 2. The van der Waals surface area contributed by atoms with E-state index in [2.05, 4.69) is 5.32 Å². The first kappa shape index (κ1) is 15.5. The quantitative estimate of drug-likeness (QED) is 0.858. The second-order valence-corrected chi connectivity index (χ2v) is 4.91. The summed E-state index contributed by atoms with van der Waals surface area (Å²) in [5, 5.41) is 13.0. The van der Waals surface area contributed by atoms with Gasteiger partial charge < -0.3 is 19.9 Å². The van der Waals surface area contributed by atoms with Crippen LogP contribution < -0.4 is 14.8 Å². The number of ether oxygens (including phenoxy) is 2. The van der Waals surface area contributed by atoms with Crippen molar-refractivity contribution < 1.29 is 14.6 Å². The van der Waals surface area contributed by atoms with Crippen molar-refractivity contribution >= 4 is 17.3 Å². The minimum Gasteiger partial charge on any atom is -0.497 e. The first-order valence-electron chi connectivity index (χ1n) is 6.52. The molecule has 0 heterocycles. The molecule has 0 amide bonds. The average Bonchev–Trinajstić information content (AvgIpc) is 2.53. The smallest absolute Gasteiger partial charge is 0.124 e. The van der Waals surface area contributed by atoms with Gasteiger partial charge in [0.15, 0.2) is 0 Å². The maximum absolute atomic E-state index is 9.18. The average molecular weight is 308 g/mol. The molecule has 0 radical (unpaired) electrons. The first-order chi connectivity index (χ1) is 10.2. The molecule has 0 aliphatic rings. The van der Waals surface area contributed by atoms with Crippen LogP contribution in [0.25, 0.3) is 0 Å². The summed E-state index contributed by atoms with van der Waals surface area (Å²) in [6.45, 7) is 0.517. The summed E-state index contributed by atoms with van der Waals surface area (Å²) in [5.41, 5.74) is 2.54. The van der Waals surface area contributed by atoms with Crippen LogP contribution in [-0.4, -0.2) is 19.3 Å². The molecule has 0 aliphatic carbocycles. The third-order valence-corrected chi connectivity index (χ3v) is 3.50. The van der Waals surface area contributed by atoms with Gasteiger partial charge >= 0.3 is 0 Å². The Morgan fingerprint density at radius 1 is 1.10 bits per heavy atom. The standard InChI is InChI=1S/C16H18ClNO3/c1-20-13-4-6-16(21-2)12(8-13)9-18-15-7-11(10-19)3-5-14(15)17/h3-8,18-19H,9-10H2,1-2H3. The lowest BCUT2D eigenvalue weighted by Gasteiger charge is -2.13. The number of halogens is 1. The van der Waals surface area contributed by atoms with Crippen LogP contribution in [0, 0.1) is 0 Å². The van der Waals surface area contributed by atoms with Crippen LogP contribution in [0.1, 0.15) is 11.1 Å². The fourth-order valence-electron chi connectivity index (χ4n) is 2.02. The SMILES string of the molecule is COc1ccc(OC)c(CNc2cc(CO)ccc2Cl)c1. The van der Waals surface area contributed by atoms with Crippen molar-refractivity contribution in [2.75, 3.05) is 19.5 Å². The van der Waals surface area contributed by atoms with Crippen molar-refractivity contribution in [2.45, 2.75) is 13.2 Å². The Bertz CT molecular complexity index is 616. The fourth-order valence-corrected chi connectivity index (χ4v) is 2.20. The lowest BCUT2D eigenvalue weighted by Crippen LogP contribution is -2.03. The van der Waals surface area contributed by atoms with Crippen LogP contribution in [0.3, 0.4) is 0 Å². The number of anilines is 1. The molecule has 0 spiro atoms. The summed E-state index contributed by atoms with van der Waals surface area (Å²) in [6.07, 6.45) is 0. The van der Waals surface area contributed by atoms with Crippen LogP contribution in [0.5, 0.6) is 11.5 Å². The number of aliphatic hydroxyl groups excluding tert-OH is 1. The lowest BCUT2D eigenvalue weighted by atomic mass is 10.1. The second kappa shape index (κ2) is 7.20. The van der Waals surface area contributed by atoms with Crippen LogP contribution in [0.4, 0.5) is 5.69 Å². The summed E-state index contributed by atoms with van der Waals surface area (Å²) < 4.78 is 10.6. The van der Waals surface area contributed by atoms with Gasteiger partial charge in [0.05, 0.1) is 31.5 Å². The topological polar surface area (TPSA) is 50.7 Å². The Labute approximate surface area is 129 Å². The van der Waals surface area contributed by atoms with E-state index in [-0.39, 0.29) is 6.61 Å². The molecule has 0 aliphatic heterocycles. The Morgan fingerprint density at radius 3 is 2.57 bits per heavy atom. The van der Waals surface area contributed by atoms with Crippen LogP contribution in [-0.2, 0) is 13.2 Å². The van der Waals surface area contributed by atoms with Crippen LogP contribution >= 0.6 is 11.6 Å². The number of rotatable bonds is 6. The number of aliphatic hydroxyl groups is 1. The molecule has 2 aromatic rings. The van der Waals surface area contributed by atoms with Crippen molar-refractivity contribution in [3.8, 4) is 11.5 Å². The van der Waals surface area contributed by atoms with Gasteiger partial charge in [-0.2, -0.15) is 0 Å².